The van der Waals surface area contributed by atoms with Gasteiger partial charge in [0.1, 0.15) is 6.10 Å². The molecule has 0 radical (unpaired) electrons. The first-order valence-corrected chi connectivity index (χ1v) is 9.73. The highest BCUT2D eigenvalue weighted by atomic mass is 16.5. The van der Waals surface area contributed by atoms with Gasteiger partial charge in [0.25, 0.3) is 0 Å². The molecule has 140 valence electrons. The fraction of sp³-hybridized carbons (Fsp3) is 0.458. The van der Waals surface area contributed by atoms with Crippen LogP contribution in [0.25, 0.3) is 5.57 Å². The SMILES string of the molecule is C=CC1=C(/C=C\C)Cc2cc(C(C)OC(=O)C3(C)CC3C)ccc21.CC. The molecule has 0 spiro atoms. The molecule has 0 saturated heterocycles. The lowest BCUT2D eigenvalue weighted by molar-refractivity contribution is -0.155. The molecule has 3 atom stereocenters. The molecule has 3 unspecified atom stereocenters. The van der Waals surface area contributed by atoms with Crippen molar-refractivity contribution in [3.05, 3.63) is 65.3 Å². The van der Waals surface area contributed by atoms with E-state index in [0.717, 1.165) is 18.4 Å². The van der Waals surface area contributed by atoms with E-state index in [9.17, 15) is 4.79 Å². The van der Waals surface area contributed by atoms with E-state index in [1.165, 1.54) is 22.3 Å². The highest BCUT2D eigenvalue weighted by Gasteiger charge is 2.54. The van der Waals surface area contributed by atoms with E-state index >= 15 is 0 Å². The van der Waals surface area contributed by atoms with Gasteiger partial charge in [0.2, 0.25) is 0 Å². The van der Waals surface area contributed by atoms with Crippen LogP contribution in [0.15, 0.2) is 48.6 Å². The third-order valence-electron chi connectivity index (χ3n) is 5.60. The first-order chi connectivity index (χ1) is 12.4. The van der Waals surface area contributed by atoms with Crippen molar-refractivity contribution in [3.63, 3.8) is 0 Å². The topological polar surface area (TPSA) is 26.3 Å². The fourth-order valence-electron chi connectivity index (χ4n) is 3.56. The third kappa shape index (κ3) is 3.70. The molecule has 2 aliphatic rings. The average Bonchev–Trinajstić information content (AvgIpc) is 3.12. The Morgan fingerprint density at radius 1 is 1.38 bits per heavy atom. The van der Waals surface area contributed by atoms with Gasteiger partial charge in [0.15, 0.2) is 0 Å². The summed E-state index contributed by atoms with van der Waals surface area (Å²) in [6, 6.07) is 6.37. The lowest BCUT2D eigenvalue weighted by Crippen LogP contribution is -2.19. The number of carbonyl (C=O) groups is 1. The van der Waals surface area contributed by atoms with E-state index < -0.39 is 0 Å². The molecule has 1 saturated carbocycles. The van der Waals surface area contributed by atoms with Gasteiger partial charge in [-0.3, -0.25) is 4.79 Å². The van der Waals surface area contributed by atoms with Gasteiger partial charge in [-0.15, -0.1) is 0 Å². The van der Waals surface area contributed by atoms with Gasteiger partial charge >= 0.3 is 5.97 Å². The molecule has 0 aromatic heterocycles. The van der Waals surface area contributed by atoms with E-state index in [4.69, 9.17) is 4.74 Å². The molecule has 0 heterocycles. The van der Waals surface area contributed by atoms with Crippen LogP contribution < -0.4 is 0 Å². The summed E-state index contributed by atoms with van der Waals surface area (Å²) in [6.45, 7) is 16.0. The van der Waals surface area contributed by atoms with Gasteiger partial charge in [0, 0.05) is 0 Å². The smallest absolute Gasteiger partial charge is 0.312 e. The number of esters is 1. The van der Waals surface area contributed by atoms with Crippen LogP contribution in [0, 0.1) is 11.3 Å². The second kappa shape index (κ2) is 8.07. The second-order valence-corrected chi connectivity index (χ2v) is 7.31. The standard InChI is InChI=1S/C22H26O2.C2H6/c1-6-8-17-12-18-11-16(9-10-20(18)19(17)7-2)15(4)24-21(23)22(5)13-14(22)3;1-2/h6-11,14-15H,2,12-13H2,1,3-5H3;1-2H3/b8-6-;. The van der Waals surface area contributed by atoms with Crippen molar-refractivity contribution in [2.24, 2.45) is 11.3 Å². The van der Waals surface area contributed by atoms with Crippen molar-refractivity contribution in [1.29, 1.82) is 0 Å². The largest absolute Gasteiger partial charge is 0.457 e. The van der Waals surface area contributed by atoms with E-state index in [1.807, 2.05) is 40.7 Å². The molecule has 1 fully saturated rings. The zero-order valence-corrected chi connectivity index (χ0v) is 17.1. The van der Waals surface area contributed by atoms with Crippen LogP contribution in [-0.4, -0.2) is 5.97 Å². The Balaban J connectivity index is 0.00000117. The lowest BCUT2D eigenvalue weighted by Gasteiger charge is -2.18. The van der Waals surface area contributed by atoms with Gasteiger partial charge in [-0.1, -0.05) is 63.8 Å². The quantitative estimate of drug-likeness (QED) is 0.570. The fourth-order valence-corrected chi connectivity index (χ4v) is 3.56. The highest BCUT2D eigenvalue weighted by Crippen LogP contribution is 2.53. The molecule has 3 rings (SSSR count). The van der Waals surface area contributed by atoms with Crippen LogP contribution in [0.1, 0.15) is 70.8 Å². The average molecular weight is 353 g/mol. The summed E-state index contributed by atoms with van der Waals surface area (Å²) in [5.41, 5.74) is 5.81. The minimum atomic E-state index is -0.276. The summed E-state index contributed by atoms with van der Waals surface area (Å²) >= 11 is 0. The van der Waals surface area contributed by atoms with Crippen molar-refractivity contribution in [2.45, 2.75) is 60.5 Å². The molecule has 2 nitrogen and oxygen atoms in total. The van der Waals surface area contributed by atoms with E-state index in [0.29, 0.717) is 5.92 Å². The predicted molar refractivity (Wildman–Crippen MR) is 110 cm³/mol. The Hall–Kier alpha value is -2.09. The molecular formula is C24H32O2. The van der Waals surface area contributed by atoms with Crippen molar-refractivity contribution < 1.29 is 9.53 Å². The monoisotopic (exact) mass is 352 g/mol. The van der Waals surface area contributed by atoms with E-state index in [-0.39, 0.29) is 17.5 Å². The van der Waals surface area contributed by atoms with Gasteiger partial charge in [-0.25, -0.2) is 0 Å². The Morgan fingerprint density at radius 3 is 2.58 bits per heavy atom. The zero-order chi connectivity index (χ0) is 19.5. The first kappa shape index (κ1) is 20.2. The van der Waals surface area contributed by atoms with Crippen molar-refractivity contribution in [1.82, 2.24) is 0 Å². The van der Waals surface area contributed by atoms with Gasteiger partial charge in [-0.2, -0.15) is 0 Å². The summed E-state index contributed by atoms with van der Waals surface area (Å²) in [5, 5.41) is 0. The van der Waals surface area contributed by atoms with Crippen LogP contribution in [0.3, 0.4) is 0 Å². The minimum absolute atomic E-state index is 0.0671. The van der Waals surface area contributed by atoms with Crippen LogP contribution in [0.4, 0.5) is 0 Å². The molecule has 1 aromatic rings. The molecule has 1 aromatic carbocycles. The van der Waals surface area contributed by atoms with Crippen LogP contribution in [0.2, 0.25) is 0 Å². The van der Waals surface area contributed by atoms with Crippen LogP contribution >= 0.6 is 0 Å². The molecule has 0 bridgehead atoms. The molecule has 0 N–H and O–H groups in total. The minimum Gasteiger partial charge on any atom is -0.457 e. The maximum atomic E-state index is 12.3. The summed E-state index contributed by atoms with van der Waals surface area (Å²) in [7, 11) is 0. The number of allylic oxidation sites excluding steroid dienone is 5. The highest BCUT2D eigenvalue weighted by molar-refractivity contribution is 5.84. The summed E-state index contributed by atoms with van der Waals surface area (Å²) < 4.78 is 5.73. The first-order valence-electron chi connectivity index (χ1n) is 9.73. The Labute approximate surface area is 158 Å². The molecule has 2 heteroatoms. The number of hydrogen-bond acceptors (Lipinski definition) is 2. The Bertz CT molecular complexity index is 753. The van der Waals surface area contributed by atoms with Crippen molar-refractivity contribution in [3.8, 4) is 0 Å². The Kier molecular flexibility index (Phi) is 6.28. The number of fused-ring (bicyclic) bond motifs is 1. The molecule has 26 heavy (non-hydrogen) atoms. The molecule has 0 amide bonds. The lowest BCUT2D eigenvalue weighted by atomic mass is 10.00. The van der Waals surface area contributed by atoms with Crippen molar-refractivity contribution in [2.75, 3.05) is 0 Å². The van der Waals surface area contributed by atoms with Crippen LogP contribution in [-0.2, 0) is 16.0 Å². The number of benzene rings is 1. The van der Waals surface area contributed by atoms with Gasteiger partial charge in [-0.05, 0) is 67.4 Å². The van der Waals surface area contributed by atoms with Gasteiger partial charge in [0.05, 0.1) is 5.41 Å². The molecule has 0 aliphatic heterocycles. The Morgan fingerprint density at radius 2 is 2.04 bits per heavy atom. The number of ether oxygens (including phenoxy) is 1. The van der Waals surface area contributed by atoms with E-state index in [2.05, 4.69) is 43.9 Å². The maximum Gasteiger partial charge on any atom is 0.312 e. The second-order valence-electron chi connectivity index (χ2n) is 7.31. The maximum absolute atomic E-state index is 12.3. The zero-order valence-electron chi connectivity index (χ0n) is 17.1. The van der Waals surface area contributed by atoms with Gasteiger partial charge < -0.3 is 4.74 Å². The molecular weight excluding hydrogens is 320 g/mol. The summed E-state index contributed by atoms with van der Waals surface area (Å²) in [6.07, 6.45) is 7.76. The number of rotatable bonds is 5. The van der Waals surface area contributed by atoms with Crippen LogP contribution in [0.5, 0.6) is 0 Å². The van der Waals surface area contributed by atoms with E-state index in [1.54, 1.807) is 0 Å². The molecule has 2 aliphatic carbocycles. The summed E-state index contributed by atoms with van der Waals surface area (Å²) in [5.74, 6) is 0.363. The third-order valence-corrected chi connectivity index (χ3v) is 5.60. The normalized spacial score (nSPS) is 24.6. The summed E-state index contributed by atoms with van der Waals surface area (Å²) in [4.78, 5) is 12.3. The van der Waals surface area contributed by atoms with Crippen molar-refractivity contribution >= 4 is 11.5 Å². The number of carbonyl (C=O) groups excluding carboxylic acids is 1. The predicted octanol–water partition coefficient (Wildman–Crippen LogP) is 6.43. The number of hydrogen-bond donors (Lipinski definition) is 0.